The number of hydrogen-bond acceptors (Lipinski definition) is 0. The third-order valence-electron chi connectivity index (χ3n) is 10.2. The molecule has 0 saturated carbocycles. The van der Waals surface area contributed by atoms with E-state index in [-0.39, 0.29) is 0 Å². The third-order valence-corrected chi connectivity index (χ3v) is 10.2. The first kappa shape index (κ1) is 32.6. The molecule has 0 nitrogen and oxygen atoms in total. The Kier molecular flexibility index (Phi) is 10.5. The summed E-state index contributed by atoms with van der Waals surface area (Å²) in [4.78, 5) is 0. The van der Waals surface area contributed by atoms with Crippen molar-refractivity contribution in [3.8, 4) is 0 Å². The van der Waals surface area contributed by atoms with Crippen LogP contribution in [-0.4, -0.2) is 0 Å². The zero-order valence-corrected chi connectivity index (χ0v) is 28.6. The molecule has 0 fully saturated rings. The van der Waals surface area contributed by atoms with Gasteiger partial charge in [0, 0.05) is 0 Å². The first-order chi connectivity index (χ1) is 19.7. The lowest BCUT2D eigenvalue weighted by Crippen LogP contribution is -2.26. The summed E-state index contributed by atoms with van der Waals surface area (Å²) in [6.45, 7) is 21.1. The maximum absolute atomic E-state index is 2.43. The normalized spacial score (nSPS) is 20.0. The molecule has 0 aromatic heterocycles. The van der Waals surface area contributed by atoms with Crippen LogP contribution in [0.1, 0.15) is 139 Å². The van der Waals surface area contributed by atoms with Gasteiger partial charge in [0.1, 0.15) is 0 Å². The van der Waals surface area contributed by atoms with Gasteiger partial charge in [-0.25, -0.2) is 0 Å². The van der Waals surface area contributed by atoms with Crippen LogP contribution in [0.15, 0.2) is 66.7 Å². The number of fused-ring (bicyclic) bond motifs is 3. The molecule has 42 heavy (non-hydrogen) atoms. The first-order valence-electron chi connectivity index (χ1n) is 17.0. The molecule has 3 aliphatic carbocycles. The zero-order valence-electron chi connectivity index (χ0n) is 28.6. The molecule has 0 bridgehead atoms. The zero-order chi connectivity index (χ0) is 30.5. The Morgan fingerprint density at radius 3 is 1.71 bits per heavy atom. The molecule has 0 saturated heterocycles. The smallest absolute Gasteiger partial charge is 0.0110 e. The summed E-state index contributed by atoms with van der Waals surface area (Å²) in [6.07, 6.45) is 13.3. The van der Waals surface area contributed by atoms with Crippen LogP contribution in [0.3, 0.4) is 0 Å². The van der Waals surface area contributed by atoms with Crippen molar-refractivity contribution in [2.24, 2.45) is 16.7 Å². The van der Waals surface area contributed by atoms with Gasteiger partial charge in [-0.15, -0.1) is 0 Å². The Morgan fingerprint density at radius 2 is 1.07 bits per heavy atom. The van der Waals surface area contributed by atoms with Crippen LogP contribution >= 0.6 is 0 Å². The maximum Gasteiger partial charge on any atom is -0.0110 e. The van der Waals surface area contributed by atoms with Crippen molar-refractivity contribution in [2.75, 3.05) is 0 Å². The third kappa shape index (κ3) is 8.61. The predicted octanol–water partition coefficient (Wildman–Crippen LogP) is 11.9. The van der Waals surface area contributed by atoms with E-state index in [1.54, 1.807) is 33.4 Å². The molecule has 6 rings (SSSR count). The fourth-order valence-electron chi connectivity index (χ4n) is 7.29. The topological polar surface area (TPSA) is 0 Å². The summed E-state index contributed by atoms with van der Waals surface area (Å²) in [5, 5.41) is 0. The van der Waals surface area contributed by atoms with E-state index in [2.05, 4.69) is 129 Å². The molecule has 0 amide bonds. The van der Waals surface area contributed by atoms with Crippen LogP contribution < -0.4 is 0 Å². The molecule has 3 aliphatic rings. The molecule has 0 radical (unpaired) electrons. The summed E-state index contributed by atoms with van der Waals surface area (Å²) in [5.74, 6) is 1.62. The van der Waals surface area contributed by atoms with Gasteiger partial charge in [-0.3, -0.25) is 0 Å². The van der Waals surface area contributed by atoms with Crippen molar-refractivity contribution in [1.29, 1.82) is 0 Å². The highest BCUT2D eigenvalue weighted by Gasteiger charge is 2.30. The molecular weight excluding hydrogens is 504 g/mol. The molecule has 0 N–H and O–H groups in total. The average molecular weight is 565 g/mol. The van der Waals surface area contributed by atoms with Crippen molar-refractivity contribution in [2.45, 2.75) is 138 Å². The van der Waals surface area contributed by atoms with Crippen molar-refractivity contribution in [3.05, 3.63) is 106 Å². The summed E-state index contributed by atoms with van der Waals surface area (Å²) in [6, 6.07) is 25.0. The average Bonchev–Trinajstić information content (AvgIpc) is 2.95. The Hall–Kier alpha value is -2.34. The Morgan fingerprint density at radius 1 is 0.500 bits per heavy atom. The van der Waals surface area contributed by atoms with E-state index in [0.717, 1.165) is 11.8 Å². The lowest BCUT2D eigenvalue weighted by Gasteiger charge is -2.35. The van der Waals surface area contributed by atoms with Gasteiger partial charge >= 0.3 is 0 Å². The number of aryl methyl sites for hydroxylation is 4. The largest absolute Gasteiger partial charge is 0.0620 e. The van der Waals surface area contributed by atoms with E-state index in [9.17, 15) is 0 Å². The lowest BCUT2D eigenvalue weighted by molar-refractivity contribution is 0.216. The van der Waals surface area contributed by atoms with Gasteiger partial charge < -0.3 is 0 Å². The minimum Gasteiger partial charge on any atom is -0.0620 e. The van der Waals surface area contributed by atoms with Gasteiger partial charge in [-0.2, -0.15) is 0 Å². The number of hydrogen-bond donors (Lipinski definition) is 0. The van der Waals surface area contributed by atoms with Crippen LogP contribution in [0.5, 0.6) is 0 Å². The highest BCUT2D eigenvalue weighted by Crippen LogP contribution is 2.43. The molecule has 0 heterocycles. The Labute approximate surface area is 259 Å². The van der Waals surface area contributed by atoms with Crippen LogP contribution in [0.25, 0.3) is 0 Å². The fourth-order valence-corrected chi connectivity index (χ4v) is 7.29. The lowest BCUT2D eigenvalue weighted by atomic mass is 9.69. The van der Waals surface area contributed by atoms with E-state index in [1.807, 2.05) is 0 Å². The van der Waals surface area contributed by atoms with Gasteiger partial charge in [0.15, 0.2) is 0 Å². The van der Waals surface area contributed by atoms with Crippen LogP contribution in [0.2, 0.25) is 0 Å². The fraction of sp³-hybridized carbons (Fsp3) is 0.571. The minimum atomic E-state index is 0.298. The van der Waals surface area contributed by atoms with Crippen molar-refractivity contribution < 1.29 is 0 Å². The van der Waals surface area contributed by atoms with Gasteiger partial charge in [0.2, 0.25) is 0 Å². The summed E-state index contributed by atoms with van der Waals surface area (Å²) in [5.41, 5.74) is 12.2. The molecule has 0 heteroatoms. The van der Waals surface area contributed by atoms with Gasteiger partial charge in [0.05, 0.1) is 0 Å². The Bertz CT molecular complexity index is 1290. The van der Waals surface area contributed by atoms with E-state index in [4.69, 9.17) is 0 Å². The van der Waals surface area contributed by atoms with E-state index in [1.165, 1.54) is 69.8 Å². The van der Waals surface area contributed by atoms with Crippen molar-refractivity contribution in [1.82, 2.24) is 0 Å². The summed E-state index contributed by atoms with van der Waals surface area (Å²) < 4.78 is 0. The van der Waals surface area contributed by atoms with Gasteiger partial charge in [0.25, 0.3) is 0 Å². The maximum atomic E-state index is 2.43. The molecular formula is C42H60. The van der Waals surface area contributed by atoms with Crippen LogP contribution in [0.4, 0.5) is 0 Å². The van der Waals surface area contributed by atoms with Crippen molar-refractivity contribution >= 4 is 0 Å². The molecule has 0 aliphatic heterocycles. The number of benzene rings is 3. The molecule has 2 atom stereocenters. The quantitative estimate of drug-likeness (QED) is 0.255. The standard InChI is InChI=1S/3C14H20/c1-14(2,3)13-10-6-8-11-7-4-5-9-12(11)13;2*1-14(2,3)13-9-8-11-6-4-5-7-12(11)10-13/h4-5,7,9,13H,6,8,10H2,1-3H3;8-10H,4-7H2,1-3H3;4-7,13H,8-10H2,1-3H3. The van der Waals surface area contributed by atoms with Gasteiger partial charge in [-0.1, -0.05) is 129 Å². The molecule has 2 unspecified atom stereocenters. The van der Waals surface area contributed by atoms with E-state index < -0.39 is 0 Å². The first-order valence-corrected chi connectivity index (χ1v) is 17.0. The minimum absolute atomic E-state index is 0.298. The molecule has 0 spiro atoms. The van der Waals surface area contributed by atoms with E-state index >= 15 is 0 Å². The number of rotatable bonds is 0. The second kappa shape index (κ2) is 13.5. The van der Waals surface area contributed by atoms with E-state index in [0.29, 0.717) is 16.2 Å². The highest BCUT2D eigenvalue weighted by atomic mass is 14.3. The van der Waals surface area contributed by atoms with Crippen LogP contribution in [-0.2, 0) is 37.5 Å². The summed E-state index contributed by atoms with van der Waals surface area (Å²) >= 11 is 0. The van der Waals surface area contributed by atoms with Crippen LogP contribution in [0, 0.1) is 16.7 Å². The highest BCUT2D eigenvalue weighted by molar-refractivity contribution is 5.37. The second-order valence-electron chi connectivity index (χ2n) is 16.5. The van der Waals surface area contributed by atoms with Crippen molar-refractivity contribution in [3.63, 3.8) is 0 Å². The predicted molar refractivity (Wildman–Crippen MR) is 185 cm³/mol. The summed E-state index contributed by atoms with van der Waals surface area (Å²) in [7, 11) is 0. The SMILES string of the molecule is CC(C)(C)C1CCCc2ccccc21.CC(C)(C)C1CCc2ccccc2C1.CC(C)(C)c1ccc2c(c1)CCCC2. The van der Waals surface area contributed by atoms with Gasteiger partial charge in [-0.05, 0) is 131 Å². The second-order valence-corrected chi connectivity index (χ2v) is 16.5. The molecule has 3 aromatic rings. The monoisotopic (exact) mass is 564 g/mol. The molecule has 228 valence electrons. The molecule has 3 aromatic carbocycles. The Balaban J connectivity index is 0.000000145.